The van der Waals surface area contributed by atoms with E-state index < -0.39 is 4.92 Å². The highest BCUT2D eigenvalue weighted by molar-refractivity contribution is 5.73. The zero-order chi connectivity index (χ0) is 12.5. The fraction of sp³-hybridized carbons (Fsp3) is 0.0714. The summed E-state index contributed by atoms with van der Waals surface area (Å²) in [6.45, 7) is 0. The second-order valence-electron chi connectivity index (χ2n) is 4.15. The van der Waals surface area contributed by atoms with E-state index in [2.05, 4.69) is 17.1 Å². The summed E-state index contributed by atoms with van der Waals surface area (Å²) < 4.78 is 0. The zero-order valence-corrected chi connectivity index (χ0v) is 9.54. The molecule has 0 N–H and O–H groups in total. The Morgan fingerprint density at radius 3 is 3.00 bits per heavy atom. The highest BCUT2D eigenvalue weighted by Crippen LogP contribution is 2.30. The van der Waals surface area contributed by atoms with Gasteiger partial charge in [-0.05, 0) is 29.7 Å². The van der Waals surface area contributed by atoms with Crippen molar-refractivity contribution in [2.75, 3.05) is 0 Å². The van der Waals surface area contributed by atoms with E-state index in [9.17, 15) is 10.1 Å². The Hall–Kier alpha value is -2.49. The molecule has 0 saturated heterocycles. The van der Waals surface area contributed by atoms with Gasteiger partial charge in [0, 0.05) is 17.8 Å². The molecule has 1 aromatic carbocycles. The Labute approximate surface area is 104 Å². The third-order valence-electron chi connectivity index (χ3n) is 3.03. The van der Waals surface area contributed by atoms with Crippen LogP contribution >= 0.6 is 0 Å². The molecule has 0 bridgehead atoms. The SMILES string of the molecule is O=[N+]([O-])c1cccnc1-c1ccc2c(c1)CC=C2. The van der Waals surface area contributed by atoms with E-state index in [0.717, 1.165) is 12.0 Å². The molecule has 0 fully saturated rings. The Kier molecular flexibility index (Phi) is 2.41. The van der Waals surface area contributed by atoms with Gasteiger partial charge in [0.2, 0.25) is 0 Å². The Morgan fingerprint density at radius 1 is 1.28 bits per heavy atom. The number of pyridine rings is 1. The largest absolute Gasteiger partial charge is 0.295 e. The highest BCUT2D eigenvalue weighted by atomic mass is 16.6. The molecule has 4 heteroatoms. The van der Waals surface area contributed by atoms with Gasteiger partial charge in [-0.25, -0.2) is 4.98 Å². The maximum atomic E-state index is 11.0. The molecule has 1 aliphatic carbocycles. The monoisotopic (exact) mass is 238 g/mol. The third kappa shape index (κ3) is 1.68. The topological polar surface area (TPSA) is 56.0 Å². The lowest BCUT2D eigenvalue weighted by molar-refractivity contribution is -0.384. The van der Waals surface area contributed by atoms with Gasteiger partial charge in [-0.2, -0.15) is 0 Å². The molecule has 0 unspecified atom stereocenters. The number of fused-ring (bicyclic) bond motifs is 1. The van der Waals surface area contributed by atoms with Gasteiger partial charge in [0.15, 0.2) is 0 Å². The number of nitro groups is 1. The lowest BCUT2D eigenvalue weighted by Gasteiger charge is -2.05. The van der Waals surface area contributed by atoms with Crippen LogP contribution in [-0.4, -0.2) is 9.91 Å². The van der Waals surface area contributed by atoms with Crippen molar-refractivity contribution in [3.8, 4) is 11.3 Å². The van der Waals surface area contributed by atoms with E-state index in [1.54, 1.807) is 12.3 Å². The van der Waals surface area contributed by atoms with Crippen LogP contribution in [0.1, 0.15) is 11.1 Å². The lowest BCUT2D eigenvalue weighted by atomic mass is 10.0. The van der Waals surface area contributed by atoms with E-state index in [-0.39, 0.29) is 5.69 Å². The predicted octanol–water partition coefficient (Wildman–Crippen LogP) is 3.23. The summed E-state index contributed by atoms with van der Waals surface area (Å²) in [5, 5.41) is 11.0. The maximum absolute atomic E-state index is 11.0. The highest BCUT2D eigenvalue weighted by Gasteiger charge is 2.17. The van der Waals surface area contributed by atoms with Crippen LogP contribution < -0.4 is 0 Å². The molecule has 0 spiro atoms. The van der Waals surface area contributed by atoms with E-state index in [1.807, 2.05) is 18.2 Å². The molecule has 0 saturated carbocycles. The minimum Gasteiger partial charge on any atom is -0.258 e. The second kappa shape index (κ2) is 4.07. The van der Waals surface area contributed by atoms with Crippen LogP contribution in [0.25, 0.3) is 17.3 Å². The number of benzene rings is 1. The second-order valence-corrected chi connectivity index (χ2v) is 4.15. The molecule has 0 radical (unpaired) electrons. The molecular weight excluding hydrogens is 228 g/mol. The maximum Gasteiger partial charge on any atom is 0.295 e. The van der Waals surface area contributed by atoms with Crippen LogP contribution in [0, 0.1) is 10.1 Å². The summed E-state index contributed by atoms with van der Waals surface area (Å²) in [5.41, 5.74) is 3.63. The van der Waals surface area contributed by atoms with E-state index in [4.69, 9.17) is 0 Å². The van der Waals surface area contributed by atoms with Crippen LogP contribution in [0.2, 0.25) is 0 Å². The molecule has 88 valence electrons. The van der Waals surface area contributed by atoms with Crippen LogP contribution in [0.5, 0.6) is 0 Å². The predicted molar refractivity (Wildman–Crippen MR) is 69.1 cm³/mol. The van der Waals surface area contributed by atoms with Gasteiger partial charge >= 0.3 is 0 Å². The number of rotatable bonds is 2. The van der Waals surface area contributed by atoms with Crippen molar-refractivity contribution in [1.29, 1.82) is 0 Å². The molecule has 2 aromatic rings. The molecule has 0 amide bonds. The fourth-order valence-corrected chi connectivity index (χ4v) is 2.17. The molecule has 1 aromatic heterocycles. The summed E-state index contributed by atoms with van der Waals surface area (Å²) in [7, 11) is 0. The first kappa shape index (κ1) is 10.7. The van der Waals surface area contributed by atoms with E-state index in [0.29, 0.717) is 5.69 Å². The molecule has 3 rings (SSSR count). The molecule has 0 atom stereocenters. The minimum atomic E-state index is -0.395. The van der Waals surface area contributed by atoms with Gasteiger partial charge < -0.3 is 0 Å². The molecule has 4 nitrogen and oxygen atoms in total. The lowest BCUT2D eigenvalue weighted by Crippen LogP contribution is -1.95. The summed E-state index contributed by atoms with van der Waals surface area (Å²) in [5.74, 6) is 0. The summed E-state index contributed by atoms with van der Waals surface area (Å²) in [6, 6.07) is 8.89. The van der Waals surface area contributed by atoms with Crippen LogP contribution in [0.4, 0.5) is 5.69 Å². The van der Waals surface area contributed by atoms with Gasteiger partial charge in [-0.3, -0.25) is 10.1 Å². The molecule has 18 heavy (non-hydrogen) atoms. The van der Waals surface area contributed by atoms with Crippen molar-refractivity contribution >= 4 is 11.8 Å². The van der Waals surface area contributed by atoms with E-state index >= 15 is 0 Å². The first-order valence-corrected chi connectivity index (χ1v) is 5.65. The third-order valence-corrected chi connectivity index (χ3v) is 3.03. The Morgan fingerprint density at radius 2 is 2.17 bits per heavy atom. The first-order valence-electron chi connectivity index (χ1n) is 5.65. The summed E-state index contributed by atoms with van der Waals surface area (Å²) in [6.07, 6.45) is 6.60. The van der Waals surface area contributed by atoms with Gasteiger partial charge in [0.05, 0.1) is 4.92 Å². The summed E-state index contributed by atoms with van der Waals surface area (Å²) in [4.78, 5) is 14.7. The molecule has 0 aliphatic heterocycles. The Balaban J connectivity index is 2.14. The standard InChI is InChI=1S/C14H10N2O2/c17-16(18)13-5-2-8-15-14(13)12-7-6-10-3-1-4-11(10)9-12/h1-3,5-9H,4H2. The minimum absolute atomic E-state index is 0.0448. The number of hydrogen-bond donors (Lipinski definition) is 0. The molecular formula is C14H10N2O2. The average molecular weight is 238 g/mol. The number of nitrogens with zero attached hydrogens (tertiary/aromatic N) is 2. The van der Waals surface area contributed by atoms with Crippen molar-refractivity contribution in [2.24, 2.45) is 0 Å². The number of allylic oxidation sites excluding steroid dienone is 1. The zero-order valence-electron chi connectivity index (χ0n) is 9.54. The van der Waals surface area contributed by atoms with Crippen LogP contribution in [0.15, 0.2) is 42.6 Å². The molecule has 1 aliphatic rings. The van der Waals surface area contributed by atoms with Crippen LogP contribution in [0.3, 0.4) is 0 Å². The quantitative estimate of drug-likeness (QED) is 0.596. The van der Waals surface area contributed by atoms with Crippen molar-refractivity contribution in [2.45, 2.75) is 6.42 Å². The molecule has 1 heterocycles. The normalized spacial score (nSPS) is 12.4. The van der Waals surface area contributed by atoms with E-state index in [1.165, 1.54) is 17.2 Å². The number of hydrogen-bond acceptors (Lipinski definition) is 3. The van der Waals surface area contributed by atoms with Gasteiger partial charge in [-0.15, -0.1) is 0 Å². The smallest absolute Gasteiger partial charge is 0.258 e. The van der Waals surface area contributed by atoms with Crippen molar-refractivity contribution in [3.63, 3.8) is 0 Å². The van der Waals surface area contributed by atoms with Crippen LogP contribution in [-0.2, 0) is 6.42 Å². The van der Waals surface area contributed by atoms with Gasteiger partial charge in [0.1, 0.15) is 5.69 Å². The van der Waals surface area contributed by atoms with Gasteiger partial charge in [0.25, 0.3) is 5.69 Å². The average Bonchev–Trinajstić information content (AvgIpc) is 2.85. The Bertz CT molecular complexity index is 663. The first-order chi connectivity index (χ1) is 8.75. The summed E-state index contributed by atoms with van der Waals surface area (Å²) >= 11 is 0. The van der Waals surface area contributed by atoms with Crippen molar-refractivity contribution < 1.29 is 4.92 Å². The van der Waals surface area contributed by atoms with Crippen molar-refractivity contribution in [3.05, 3.63) is 63.8 Å². The van der Waals surface area contributed by atoms with Gasteiger partial charge in [-0.1, -0.05) is 24.3 Å². The number of aromatic nitrogens is 1. The fourth-order valence-electron chi connectivity index (χ4n) is 2.17. The van der Waals surface area contributed by atoms with Crippen molar-refractivity contribution in [1.82, 2.24) is 4.98 Å².